The zero-order chi connectivity index (χ0) is 15.7. The van der Waals surface area contributed by atoms with Crippen molar-refractivity contribution in [1.29, 1.82) is 0 Å². The molecule has 0 aliphatic carbocycles. The molecule has 0 fully saturated rings. The van der Waals surface area contributed by atoms with E-state index in [-0.39, 0.29) is 5.56 Å². The highest BCUT2D eigenvalue weighted by Gasteiger charge is 2.14. The number of hydrogen-bond acceptors (Lipinski definition) is 3. The topological polar surface area (TPSA) is 59.3 Å². The Morgan fingerprint density at radius 2 is 1.82 bits per heavy atom. The van der Waals surface area contributed by atoms with Gasteiger partial charge in [-0.1, -0.05) is 11.6 Å². The zero-order valence-electron chi connectivity index (χ0n) is 11.7. The molecule has 110 valence electrons. The molecule has 4 nitrogen and oxygen atoms in total. The number of carbonyl (C=O) groups excluding carboxylic acids is 1. The minimum absolute atomic E-state index is 0.00310. The molecule has 0 radical (unpaired) electrons. The number of fused-ring (bicyclic) bond motifs is 1. The van der Waals surface area contributed by atoms with E-state index in [1.165, 1.54) is 0 Å². The van der Waals surface area contributed by atoms with Crippen LogP contribution in [0.4, 0.5) is 5.69 Å². The second kappa shape index (κ2) is 5.92. The third kappa shape index (κ3) is 3.04. The first-order valence-electron chi connectivity index (χ1n) is 6.64. The summed E-state index contributed by atoms with van der Waals surface area (Å²) in [7, 11) is 0. The van der Waals surface area contributed by atoms with E-state index in [0.717, 1.165) is 14.5 Å². The largest absolute Gasteiger partial charge is 0.422 e. The molecule has 1 heterocycles. The second-order valence-corrected chi connectivity index (χ2v) is 6.20. The van der Waals surface area contributed by atoms with Crippen molar-refractivity contribution >= 4 is 45.2 Å². The van der Waals surface area contributed by atoms with Gasteiger partial charge >= 0.3 is 5.63 Å². The summed E-state index contributed by atoms with van der Waals surface area (Å²) < 4.78 is 6.27. The van der Waals surface area contributed by atoms with Crippen LogP contribution in [0.3, 0.4) is 0 Å². The fourth-order valence-electron chi connectivity index (χ4n) is 2.13. The number of carbonyl (C=O) groups is 1. The number of nitrogens with one attached hydrogen (secondary N) is 1. The van der Waals surface area contributed by atoms with Crippen molar-refractivity contribution in [2.24, 2.45) is 0 Å². The standard InChI is InChI=1S/C17H12INO3/c1-10-2-7-15-11(8-10)9-14(17(21)22-15)16(20)19-13-5-3-12(18)4-6-13/h2-9H,1H3,(H,19,20). The average molecular weight is 405 g/mol. The van der Waals surface area contributed by atoms with Crippen LogP contribution in [0.1, 0.15) is 15.9 Å². The molecule has 0 saturated carbocycles. The fourth-order valence-corrected chi connectivity index (χ4v) is 2.49. The maximum Gasteiger partial charge on any atom is 0.349 e. The van der Waals surface area contributed by atoms with Gasteiger partial charge in [-0.2, -0.15) is 0 Å². The van der Waals surface area contributed by atoms with Crippen molar-refractivity contribution < 1.29 is 9.21 Å². The van der Waals surface area contributed by atoms with E-state index in [9.17, 15) is 9.59 Å². The predicted molar refractivity (Wildman–Crippen MR) is 94.3 cm³/mol. The van der Waals surface area contributed by atoms with Crippen molar-refractivity contribution in [2.75, 3.05) is 5.32 Å². The van der Waals surface area contributed by atoms with Crippen molar-refractivity contribution in [1.82, 2.24) is 0 Å². The average Bonchev–Trinajstić information content (AvgIpc) is 2.49. The summed E-state index contributed by atoms with van der Waals surface area (Å²) in [6, 6.07) is 14.4. The van der Waals surface area contributed by atoms with E-state index in [1.54, 1.807) is 24.3 Å². The van der Waals surface area contributed by atoms with Gasteiger partial charge in [-0.25, -0.2) is 4.79 Å². The van der Waals surface area contributed by atoms with E-state index in [2.05, 4.69) is 27.9 Å². The van der Waals surface area contributed by atoms with E-state index in [4.69, 9.17) is 4.42 Å². The Balaban J connectivity index is 1.98. The lowest BCUT2D eigenvalue weighted by atomic mass is 10.1. The fraction of sp³-hybridized carbons (Fsp3) is 0.0588. The van der Waals surface area contributed by atoms with Gasteiger partial charge < -0.3 is 9.73 Å². The number of halogens is 1. The molecule has 0 saturated heterocycles. The highest BCUT2D eigenvalue weighted by molar-refractivity contribution is 14.1. The van der Waals surface area contributed by atoms with Crippen LogP contribution in [0.5, 0.6) is 0 Å². The van der Waals surface area contributed by atoms with Crippen LogP contribution in [0.25, 0.3) is 11.0 Å². The van der Waals surface area contributed by atoms with Gasteiger partial charge in [0.25, 0.3) is 5.91 Å². The molecule has 2 aromatic carbocycles. The van der Waals surface area contributed by atoms with Crippen LogP contribution in [-0.2, 0) is 0 Å². The number of anilines is 1. The summed E-state index contributed by atoms with van der Waals surface area (Å²) in [4.78, 5) is 24.3. The van der Waals surface area contributed by atoms with Gasteiger partial charge in [-0.05, 0) is 72.0 Å². The Hall–Kier alpha value is -2.15. The van der Waals surface area contributed by atoms with Crippen molar-refractivity contribution in [3.8, 4) is 0 Å². The van der Waals surface area contributed by atoms with Crippen LogP contribution >= 0.6 is 22.6 Å². The maximum atomic E-state index is 12.3. The molecule has 1 N–H and O–H groups in total. The van der Waals surface area contributed by atoms with Crippen molar-refractivity contribution in [3.05, 3.63) is 73.6 Å². The van der Waals surface area contributed by atoms with Gasteiger partial charge in [-0.15, -0.1) is 0 Å². The van der Waals surface area contributed by atoms with Gasteiger partial charge in [0.2, 0.25) is 0 Å². The van der Waals surface area contributed by atoms with Gasteiger partial charge in [0, 0.05) is 14.6 Å². The first-order valence-corrected chi connectivity index (χ1v) is 7.72. The van der Waals surface area contributed by atoms with Gasteiger partial charge in [-0.3, -0.25) is 4.79 Å². The van der Waals surface area contributed by atoms with Gasteiger partial charge in [0.05, 0.1) is 0 Å². The number of amides is 1. The number of rotatable bonds is 2. The molecular weight excluding hydrogens is 393 g/mol. The van der Waals surface area contributed by atoms with Crippen LogP contribution in [0.15, 0.2) is 57.7 Å². The lowest BCUT2D eigenvalue weighted by Crippen LogP contribution is -2.20. The first kappa shape index (κ1) is 14.8. The quantitative estimate of drug-likeness (QED) is 0.519. The minimum atomic E-state index is -0.639. The summed E-state index contributed by atoms with van der Waals surface area (Å²) in [5.74, 6) is -0.474. The van der Waals surface area contributed by atoms with Crippen LogP contribution in [-0.4, -0.2) is 5.91 Å². The molecule has 3 aromatic rings. The molecule has 0 spiro atoms. The molecular formula is C17H12INO3. The van der Waals surface area contributed by atoms with E-state index in [1.807, 2.05) is 31.2 Å². The minimum Gasteiger partial charge on any atom is -0.422 e. The Morgan fingerprint density at radius 1 is 1.09 bits per heavy atom. The zero-order valence-corrected chi connectivity index (χ0v) is 13.9. The Morgan fingerprint density at radius 3 is 2.55 bits per heavy atom. The summed E-state index contributed by atoms with van der Waals surface area (Å²) in [5.41, 5.74) is 1.50. The normalized spacial score (nSPS) is 10.6. The Kier molecular flexibility index (Phi) is 3.98. The molecule has 0 aliphatic rings. The number of benzene rings is 2. The number of hydrogen-bond donors (Lipinski definition) is 1. The molecule has 3 rings (SSSR count). The summed E-state index contributed by atoms with van der Waals surface area (Å²) >= 11 is 2.18. The van der Waals surface area contributed by atoms with E-state index >= 15 is 0 Å². The monoisotopic (exact) mass is 405 g/mol. The third-order valence-corrected chi connectivity index (χ3v) is 3.95. The third-order valence-electron chi connectivity index (χ3n) is 3.23. The highest BCUT2D eigenvalue weighted by atomic mass is 127. The van der Waals surface area contributed by atoms with Crippen LogP contribution < -0.4 is 10.9 Å². The van der Waals surface area contributed by atoms with Crippen molar-refractivity contribution in [2.45, 2.75) is 6.92 Å². The summed E-state index contributed by atoms with van der Waals surface area (Å²) in [6.07, 6.45) is 0. The number of aryl methyl sites for hydroxylation is 1. The smallest absolute Gasteiger partial charge is 0.349 e. The lowest BCUT2D eigenvalue weighted by Gasteiger charge is -2.05. The van der Waals surface area contributed by atoms with E-state index < -0.39 is 11.5 Å². The van der Waals surface area contributed by atoms with Gasteiger partial charge in [0.15, 0.2) is 0 Å². The lowest BCUT2D eigenvalue weighted by molar-refractivity contribution is 0.102. The SMILES string of the molecule is Cc1ccc2oc(=O)c(C(=O)Nc3ccc(I)cc3)cc2c1. The highest BCUT2D eigenvalue weighted by Crippen LogP contribution is 2.17. The van der Waals surface area contributed by atoms with Crippen molar-refractivity contribution in [3.63, 3.8) is 0 Å². The second-order valence-electron chi connectivity index (χ2n) is 4.95. The predicted octanol–water partition coefficient (Wildman–Crippen LogP) is 3.96. The molecule has 0 bridgehead atoms. The molecule has 1 amide bonds. The molecule has 5 heteroatoms. The molecule has 22 heavy (non-hydrogen) atoms. The van der Waals surface area contributed by atoms with Crippen LogP contribution in [0.2, 0.25) is 0 Å². The molecule has 0 aliphatic heterocycles. The Labute approximate surface area is 140 Å². The molecule has 1 aromatic heterocycles. The summed E-state index contributed by atoms with van der Waals surface area (Å²) in [5, 5.41) is 3.43. The molecule has 0 unspecified atom stereocenters. The van der Waals surface area contributed by atoms with E-state index in [0.29, 0.717) is 11.3 Å². The first-order chi connectivity index (χ1) is 10.5. The maximum absolute atomic E-state index is 12.3. The van der Waals surface area contributed by atoms with Crippen LogP contribution in [0, 0.1) is 10.5 Å². The summed E-state index contributed by atoms with van der Waals surface area (Å²) in [6.45, 7) is 1.94. The Bertz CT molecular complexity index is 913. The van der Waals surface area contributed by atoms with Gasteiger partial charge in [0.1, 0.15) is 11.1 Å². The molecule has 0 atom stereocenters.